The molecule has 2 aromatic carbocycles. The van der Waals surface area contributed by atoms with Crippen molar-refractivity contribution >= 4 is 35.1 Å². The maximum Gasteiger partial charge on any atom is 0.416 e. The molecule has 0 bridgehead atoms. The number of nitrogens with two attached hydrogens (primary N) is 1. The summed E-state index contributed by atoms with van der Waals surface area (Å²) in [6.45, 7) is 3.63. The smallest absolute Gasteiger partial charge is 0.416 e. The van der Waals surface area contributed by atoms with Crippen molar-refractivity contribution in [2.45, 2.75) is 50.9 Å². The molecule has 2 aliphatic rings. The van der Waals surface area contributed by atoms with E-state index in [0.29, 0.717) is 23.5 Å². The normalized spacial score (nSPS) is 15.9. The first-order valence-corrected chi connectivity index (χ1v) is 20.4. The molecule has 0 aliphatic carbocycles. The number of aliphatic carboxylic acids is 1. The van der Waals surface area contributed by atoms with Crippen molar-refractivity contribution in [3.63, 3.8) is 0 Å². The van der Waals surface area contributed by atoms with Gasteiger partial charge in [-0.05, 0) is 109 Å². The fraction of sp³-hybridized carbons (Fsp3) is 0.318. The molecule has 6 heterocycles. The number of nitrogen functional groups attached to an aromatic ring is 1. The standard InChI is InChI=1S/C22H21F3N6O.C13H16N6.C9H7F3O2/c23-22(24,25)18-6-2-1-4-16(18)13-21(32)27-19-7-8-20(30-29-19)31-11-9-15(14-31)12-17-5-3-10-26-28-17;14-12-3-4-13(18-17-12)19-7-5-10(9-19)8-11-2-1-6-15-16-11;10-9(11,12)7-4-2-1-3-6(7)5-8(13)14/h1-8,10,15H,9,11-14H2,(H,27,29,32);1-4,6,10H,5,7-9H2,(H2,14,17);1-4H,5H2,(H,13,14)/t15-;10-;/m00./s1. The number of aromatic nitrogens is 8. The van der Waals surface area contributed by atoms with Gasteiger partial charge in [-0.3, -0.25) is 9.59 Å². The summed E-state index contributed by atoms with van der Waals surface area (Å²) in [6, 6.07) is 24.5. The lowest BCUT2D eigenvalue weighted by Gasteiger charge is -2.17. The molecule has 4 N–H and O–H groups in total. The number of carbonyl (C=O) groups is 2. The summed E-state index contributed by atoms with van der Waals surface area (Å²) in [7, 11) is 0. The largest absolute Gasteiger partial charge is 0.481 e. The van der Waals surface area contributed by atoms with E-state index in [2.05, 4.69) is 55.9 Å². The molecule has 340 valence electrons. The summed E-state index contributed by atoms with van der Waals surface area (Å²) in [4.78, 5) is 26.9. The maximum absolute atomic E-state index is 13.1. The Morgan fingerprint density at radius 3 is 1.54 bits per heavy atom. The van der Waals surface area contributed by atoms with Gasteiger partial charge < -0.3 is 26.0 Å². The van der Waals surface area contributed by atoms with Crippen molar-refractivity contribution in [1.82, 2.24) is 40.8 Å². The number of nitrogens with zero attached hydrogens (tertiary/aromatic N) is 10. The molecule has 0 radical (unpaired) electrons. The Balaban J connectivity index is 0.000000179. The molecule has 2 saturated heterocycles. The number of anilines is 4. The van der Waals surface area contributed by atoms with Crippen LogP contribution in [0.2, 0.25) is 0 Å². The highest BCUT2D eigenvalue weighted by Gasteiger charge is 2.34. The van der Waals surface area contributed by atoms with Crippen LogP contribution in [-0.4, -0.2) is 84.0 Å². The third kappa shape index (κ3) is 14.3. The molecular formula is C44H44F6N12O3. The van der Waals surface area contributed by atoms with E-state index in [-0.39, 0.29) is 16.9 Å². The van der Waals surface area contributed by atoms with Gasteiger partial charge in [0, 0.05) is 38.6 Å². The third-order valence-corrected chi connectivity index (χ3v) is 10.4. The zero-order chi connectivity index (χ0) is 46.4. The Morgan fingerprint density at radius 2 is 1.11 bits per heavy atom. The number of carboxylic acids is 1. The zero-order valence-corrected chi connectivity index (χ0v) is 34.7. The first-order chi connectivity index (χ1) is 31.1. The molecule has 0 spiro atoms. The molecule has 0 saturated carbocycles. The van der Waals surface area contributed by atoms with Crippen LogP contribution in [-0.2, 0) is 47.6 Å². The fourth-order valence-corrected chi connectivity index (χ4v) is 7.38. The van der Waals surface area contributed by atoms with Crippen LogP contribution < -0.4 is 20.9 Å². The minimum Gasteiger partial charge on any atom is -0.481 e. The Morgan fingerprint density at radius 1 is 0.615 bits per heavy atom. The van der Waals surface area contributed by atoms with Crippen molar-refractivity contribution in [3.05, 3.63) is 143 Å². The predicted molar refractivity (Wildman–Crippen MR) is 227 cm³/mol. The average molecular weight is 903 g/mol. The van der Waals surface area contributed by atoms with E-state index in [9.17, 15) is 35.9 Å². The SMILES string of the molecule is Nc1ccc(N2CC[C@@H](Cc3cccnn3)C2)nn1.O=C(Cc1ccccc1C(F)(F)F)Nc1ccc(N2CC[C@@H](Cc3cccnn3)C2)nn1.O=C(O)Cc1ccccc1C(F)(F)F. The lowest BCUT2D eigenvalue weighted by atomic mass is 10.0. The monoisotopic (exact) mass is 902 g/mol. The molecule has 21 heteroatoms. The van der Waals surface area contributed by atoms with E-state index >= 15 is 0 Å². The number of amides is 1. The Labute approximate surface area is 369 Å². The summed E-state index contributed by atoms with van der Waals surface area (Å²) in [5.41, 5.74) is 5.55. The first kappa shape index (κ1) is 47.2. The van der Waals surface area contributed by atoms with Gasteiger partial charge in [-0.15, -0.1) is 20.4 Å². The van der Waals surface area contributed by atoms with E-state index in [1.54, 1.807) is 30.6 Å². The van der Waals surface area contributed by atoms with E-state index in [1.807, 2.05) is 30.3 Å². The zero-order valence-electron chi connectivity index (χ0n) is 34.7. The van der Waals surface area contributed by atoms with Gasteiger partial charge in [0.05, 0.1) is 35.4 Å². The Bertz CT molecular complexity index is 2450. The van der Waals surface area contributed by atoms with E-state index in [1.165, 1.54) is 30.3 Å². The van der Waals surface area contributed by atoms with Crippen LogP contribution >= 0.6 is 0 Å². The van der Waals surface area contributed by atoms with Gasteiger partial charge in [-0.2, -0.15) is 46.7 Å². The number of rotatable bonds is 11. The average Bonchev–Trinajstić information content (AvgIpc) is 3.95. The van der Waals surface area contributed by atoms with Gasteiger partial charge in [0.15, 0.2) is 17.5 Å². The third-order valence-electron chi connectivity index (χ3n) is 10.4. The summed E-state index contributed by atoms with van der Waals surface area (Å²) in [5.74, 6) is 1.40. The fourth-order valence-electron chi connectivity index (χ4n) is 7.38. The maximum atomic E-state index is 13.1. The number of alkyl halides is 6. The summed E-state index contributed by atoms with van der Waals surface area (Å²) >= 11 is 0. The van der Waals surface area contributed by atoms with Crippen LogP contribution in [0.25, 0.3) is 0 Å². The second kappa shape index (κ2) is 21.8. The van der Waals surface area contributed by atoms with Crippen LogP contribution in [0, 0.1) is 11.8 Å². The van der Waals surface area contributed by atoms with Gasteiger partial charge >= 0.3 is 18.3 Å². The number of carboxylic acid groups (broad SMARTS) is 1. The van der Waals surface area contributed by atoms with Gasteiger partial charge in [0.25, 0.3) is 0 Å². The number of halogens is 6. The Kier molecular flexibility index (Phi) is 15.9. The molecule has 2 aliphatic heterocycles. The predicted octanol–water partition coefficient (Wildman–Crippen LogP) is 6.79. The van der Waals surface area contributed by atoms with Crippen molar-refractivity contribution in [3.8, 4) is 0 Å². The topological polar surface area (TPSA) is 202 Å². The highest BCUT2D eigenvalue weighted by molar-refractivity contribution is 5.91. The van der Waals surface area contributed by atoms with E-state index < -0.39 is 48.2 Å². The number of hydrogen-bond acceptors (Lipinski definition) is 13. The van der Waals surface area contributed by atoms with Gasteiger partial charge in [0.2, 0.25) is 5.91 Å². The summed E-state index contributed by atoms with van der Waals surface area (Å²) in [5, 5.41) is 43.2. The second-order valence-electron chi connectivity index (χ2n) is 15.2. The number of benzene rings is 2. The summed E-state index contributed by atoms with van der Waals surface area (Å²) in [6.07, 6.45) is -2.74. The first-order valence-electron chi connectivity index (χ1n) is 20.4. The molecule has 0 unspecified atom stereocenters. The van der Waals surface area contributed by atoms with Gasteiger partial charge in [-0.25, -0.2) is 0 Å². The van der Waals surface area contributed by atoms with E-state index in [4.69, 9.17) is 10.8 Å². The second-order valence-corrected chi connectivity index (χ2v) is 15.2. The Hall–Kier alpha value is -7.32. The van der Waals surface area contributed by atoms with Crippen LogP contribution in [0.4, 0.5) is 49.6 Å². The van der Waals surface area contributed by atoms with Crippen molar-refractivity contribution in [1.29, 1.82) is 0 Å². The highest BCUT2D eigenvalue weighted by atomic mass is 19.4. The molecule has 2 atom stereocenters. The minimum absolute atomic E-state index is 0.0895. The lowest BCUT2D eigenvalue weighted by Crippen LogP contribution is -2.22. The van der Waals surface area contributed by atoms with Crippen molar-refractivity contribution in [2.75, 3.05) is 47.0 Å². The van der Waals surface area contributed by atoms with Gasteiger partial charge in [-0.1, -0.05) is 36.4 Å². The molecule has 15 nitrogen and oxygen atoms in total. The number of nitrogens with one attached hydrogen (secondary N) is 1. The molecule has 1 amide bonds. The molecule has 65 heavy (non-hydrogen) atoms. The van der Waals surface area contributed by atoms with E-state index in [0.717, 1.165) is 87.3 Å². The van der Waals surface area contributed by atoms with Crippen LogP contribution in [0.15, 0.2) is 109 Å². The molecule has 4 aromatic heterocycles. The number of carbonyl (C=O) groups excluding carboxylic acids is 1. The van der Waals surface area contributed by atoms with Crippen LogP contribution in [0.3, 0.4) is 0 Å². The van der Waals surface area contributed by atoms with Crippen molar-refractivity contribution < 1.29 is 41.0 Å². The van der Waals surface area contributed by atoms with Gasteiger partial charge in [0.1, 0.15) is 5.82 Å². The molecule has 6 aromatic rings. The van der Waals surface area contributed by atoms with Crippen LogP contribution in [0.1, 0.15) is 46.5 Å². The molecule has 2 fully saturated rings. The van der Waals surface area contributed by atoms with Crippen molar-refractivity contribution in [2.24, 2.45) is 11.8 Å². The van der Waals surface area contributed by atoms with Crippen LogP contribution in [0.5, 0.6) is 0 Å². The minimum atomic E-state index is -4.51. The summed E-state index contributed by atoms with van der Waals surface area (Å²) < 4.78 is 76.2. The lowest BCUT2D eigenvalue weighted by molar-refractivity contribution is -0.140. The number of hydrogen-bond donors (Lipinski definition) is 3. The quantitative estimate of drug-likeness (QED) is 0.115. The molecular weight excluding hydrogens is 859 g/mol. The highest BCUT2D eigenvalue weighted by Crippen LogP contribution is 2.33. The molecule has 8 rings (SSSR count).